The van der Waals surface area contributed by atoms with E-state index in [-0.39, 0.29) is 23.0 Å². The van der Waals surface area contributed by atoms with Crippen LogP contribution in [0, 0.1) is 11.3 Å². The first-order valence-electron chi connectivity index (χ1n) is 5.94. The number of nitrogens with zero attached hydrogens (tertiary/aromatic N) is 1. The van der Waals surface area contributed by atoms with Crippen LogP contribution in [0.4, 0.5) is 0 Å². The van der Waals surface area contributed by atoms with Gasteiger partial charge in [-0.15, -0.1) is 0 Å². The Hall–Kier alpha value is -0.990. The first-order chi connectivity index (χ1) is 7.35. The molecule has 3 nitrogen and oxygen atoms in total. The highest BCUT2D eigenvalue weighted by atomic mass is 16.2. The summed E-state index contributed by atoms with van der Waals surface area (Å²) in [6, 6.07) is 0.190. The lowest BCUT2D eigenvalue weighted by Gasteiger charge is -2.30. The summed E-state index contributed by atoms with van der Waals surface area (Å²) in [7, 11) is 0. The van der Waals surface area contributed by atoms with E-state index < -0.39 is 5.92 Å². The highest BCUT2D eigenvalue weighted by Gasteiger charge is 2.38. The third-order valence-electron chi connectivity index (χ3n) is 3.08. The molecule has 1 rings (SSSR count). The van der Waals surface area contributed by atoms with Gasteiger partial charge < -0.3 is 0 Å². The van der Waals surface area contributed by atoms with Gasteiger partial charge in [0.05, 0.1) is 0 Å². The first kappa shape index (κ1) is 13.1. The summed E-state index contributed by atoms with van der Waals surface area (Å²) in [6.07, 6.45) is 3.46. The maximum atomic E-state index is 11.8. The van der Waals surface area contributed by atoms with E-state index in [9.17, 15) is 9.59 Å². The Balaban J connectivity index is 2.72. The van der Waals surface area contributed by atoms with Crippen molar-refractivity contribution in [3.8, 4) is 0 Å². The summed E-state index contributed by atoms with van der Waals surface area (Å²) >= 11 is 0. The van der Waals surface area contributed by atoms with Gasteiger partial charge in [0.15, 0.2) is 0 Å². The maximum absolute atomic E-state index is 11.8. The molecule has 1 atom stereocenters. The largest absolute Gasteiger partial charge is 0.298 e. The maximum Gasteiger partial charge on any atom is 0.149 e. The smallest absolute Gasteiger partial charge is 0.149 e. The van der Waals surface area contributed by atoms with Gasteiger partial charge in [0, 0.05) is 25.1 Å². The fourth-order valence-electron chi connectivity index (χ4n) is 1.91. The minimum Gasteiger partial charge on any atom is -0.298 e. The molecule has 1 aliphatic carbocycles. The van der Waals surface area contributed by atoms with E-state index in [1.54, 1.807) is 6.21 Å². The van der Waals surface area contributed by atoms with Crippen LogP contribution in [0.5, 0.6) is 0 Å². The van der Waals surface area contributed by atoms with Crippen molar-refractivity contribution in [3.05, 3.63) is 0 Å². The highest BCUT2D eigenvalue weighted by molar-refractivity contribution is 6.16. The summed E-state index contributed by atoms with van der Waals surface area (Å²) < 4.78 is 0. The molecular formula is C13H21NO2. The summed E-state index contributed by atoms with van der Waals surface area (Å²) in [5, 5.41) is 0. The monoisotopic (exact) mass is 223 g/mol. The van der Waals surface area contributed by atoms with Crippen LogP contribution in [0.15, 0.2) is 4.99 Å². The van der Waals surface area contributed by atoms with Crippen molar-refractivity contribution >= 4 is 17.8 Å². The van der Waals surface area contributed by atoms with Gasteiger partial charge in [-0.05, 0) is 18.8 Å². The van der Waals surface area contributed by atoms with Crippen LogP contribution < -0.4 is 0 Å². The summed E-state index contributed by atoms with van der Waals surface area (Å²) in [5.74, 6) is -0.538. The lowest BCUT2D eigenvalue weighted by atomic mass is 9.72. The molecule has 1 aliphatic rings. The number of hydrogen-bond donors (Lipinski definition) is 0. The SMILES string of the molecule is CC[C@@H](C)N=CC1C(=O)CC(C)(C)CC1=O. The van der Waals surface area contributed by atoms with Crippen molar-refractivity contribution < 1.29 is 9.59 Å². The molecule has 0 aliphatic heterocycles. The Labute approximate surface area is 97.3 Å². The zero-order chi connectivity index (χ0) is 12.3. The molecular weight excluding hydrogens is 202 g/mol. The molecule has 0 unspecified atom stereocenters. The van der Waals surface area contributed by atoms with Crippen LogP contribution >= 0.6 is 0 Å². The molecule has 1 saturated carbocycles. The topological polar surface area (TPSA) is 46.5 Å². The molecule has 0 aromatic heterocycles. The molecule has 3 heteroatoms. The third kappa shape index (κ3) is 3.26. The summed E-state index contributed by atoms with van der Waals surface area (Å²) in [4.78, 5) is 27.9. The number of carbonyl (C=O) groups is 2. The highest BCUT2D eigenvalue weighted by Crippen LogP contribution is 2.33. The second-order valence-electron chi connectivity index (χ2n) is 5.48. The van der Waals surface area contributed by atoms with Crippen molar-refractivity contribution in [2.75, 3.05) is 0 Å². The average molecular weight is 223 g/mol. The number of rotatable bonds is 3. The average Bonchev–Trinajstić information content (AvgIpc) is 2.14. The molecule has 0 radical (unpaired) electrons. The standard InChI is InChI=1S/C13H21NO2/c1-5-9(2)14-8-10-11(15)6-13(3,4)7-12(10)16/h8-10H,5-7H2,1-4H3/t9-/m1/s1. The van der Waals surface area contributed by atoms with E-state index in [1.807, 2.05) is 27.7 Å². The minimum atomic E-state index is -0.581. The molecule has 0 heterocycles. The Bertz CT molecular complexity index is 298. The van der Waals surface area contributed by atoms with Crippen LogP contribution in [-0.2, 0) is 9.59 Å². The number of ketones is 2. The molecule has 0 spiro atoms. The molecule has 0 N–H and O–H groups in total. The second kappa shape index (κ2) is 4.89. The molecule has 0 saturated heterocycles. The zero-order valence-corrected chi connectivity index (χ0v) is 10.6. The number of Topliss-reactive ketones (excluding diaryl/α,β-unsaturated/α-hetero) is 2. The summed E-state index contributed by atoms with van der Waals surface area (Å²) in [6.45, 7) is 7.95. The Morgan fingerprint density at radius 1 is 1.38 bits per heavy atom. The number of hydrogen-bond acceptors (Lipinski definition) is 3. The lowest BCUT2D eigenvalue weighted by Crippen LogP contribution is -2.38. The van der Waals surface area contributed by atoms with Crippen LogP contribution in [0.3, 0.4) is 0 Å². The zero-order valence-electron chi connectivity index (χ0n) is 10.6. The van der Waals surface area contributed by atoms with Gasteiger partial charge in [0.2, 0.25) is 0 Å². The predicted molar refractivity (Wildman–Crippen MR) is 64.8 cm³/mol. The van der Waals surface area contributed by atoms with Gasteiger partial charge in [-0.1, -0.05) is 20.8 Å². The Morgan fingerprint density at radius 3 is 2.31 bits per heavy atom. The Morgan fingerprint density at radius 2 is 1.88 bits per heavy atom. The fourth-order valence-corrected chi connectivity index (χ4v) is 1.91. The molecule has 0 amide bonds. The normalized spacial score (nSPS) is 24.0. The molecule has 16 heavy (non-hydrogen) atoms. The first-order valence-corrected chi connectivity index (χ1v) is 5.94. The van der Waals surface area contributed by atoms with E-state index in [1.165, 1.54) is 0 Å². The van der Waals surface area contributed by atoms with Crippen LogP contribution in [0.2, 0.25) is 0 Å². The molecule has 0 bridgehead atoms. The Kier molecular flexibility index (Phi) is 4.00. The fraction of sp³-hybridized carbons (Fsp3) is 0.769. The van der Waals surface area contributed by atoms with Crippen LogP contribution in [-0.4, -0.2) is 23.8 Å². The van der Waals surface area contributed by atoms with Crippen molar-refractivity contribution in [3.63, 3.8) is 0 Å². The predicted octanol–water partition coefficient (Wildman–Crippen LogP) is 2.43. The van der Waals surface area contributed by atoms with E-state index in [0.29, 0.717) is 12.8 Å². The minimum absolute atomic E-state index is 0.0216. The summed E-state index contributed by atoms with van der Waals surface area (Å²) in [5.41, 5.74) is -0.172. The van der Waals surface area contributed by atoms with Crippen molar-refractivity contribution in [2.45, 2.75) is 53.0 Å². The molecule has 1 fully saturated rings. The van der Waals surface area contributed by atoms with Gasteiger partial charge in [-0.25, -0.2) is 0 Å². The van der Waals surface area contributed by atoms with Crippen LogP contribution in [0.1, 0.15) is 47.0 Å². The van der Waals surface area contributed by atoms with Gasteiger partial charge in [-0.3, -0.25) is 14.6 Å². The van der Waals surface area contributed by atoms with Gasteiger partial charge >= 0.3 is 0 Å². The van der Waals surface area contributed by atoms with Crippen molar-refractivity contribution in [1.82, 2.24) is 0 Å². The van der Waals surface area contributed by atoms with Crippen molar-refractivity contribution in [1.29, 1.82) is 0 Å². The van der Waals surface area contributed by atoms with E-state index in [4.69, 9.17) is 0 Å². The third-order valence-corrected chi connectivity index (χ3v) is 3.08. The van der Waals surface area contributed by atoms with E-state index in [2.05, 4.69) is 4.99 Å². The lowest BCUT2D eigenvalue weighted by molar-refractivity contribution is -0.136. The van der Waals surface area contributed by atoms with Gasteiger partial charge in [0.25, 0.3) is 0 Å². The molecule has 0 aromatic rings. The number of carbonyl (C=O) groups excluding carboxylic acids is 2. The molecule has 0 aromatic carbocycles. The molecule has 90 valence electrons. The van der Waals surface area contributed by atoms with Crippen LogP contribution in [0.25, 0.3) is 0 Å². The van der Waals surface area contributed by atoms with Gasteiger partial charge in [-0.2, -0.15) is 0 Å². The van der Waals surface area contributed by atoms with Gasteiger partial charge in [0.1, 0.15) is 17.5 Å². The second-order valence-corrected chi connectivity index (χ2v) is 5.48. The quantitative estimate of drug-likeness (QED) is 0.545. The van der Waals surface area contributed by atoms with Crippen molar-refractivity contribution in [2.24, 2.45) is 16.3 Å². The van der Waals surface area contributed by atoms with E-state index >= 15 is 0 Å². The van der Waals surface area contributed by atoms with E-state index in [0.717, 1.165) is 6.42 Å². The number of aliphatic imine (C=N–C) groups is 1.